The van der Waals surface area contributed by atoms with Gasteiger partial charge in [0.25, 0.3) is 6.71 Å². The zero-order valence-electron chi connectivity index (χ0n) is 50.8. The lowest BCUT2D eigenvalue weighted by Crippen LogP contribution is -2.64. The smallest absolute Gasteiger partial charge is 0.252 e. The number of rotatable bonds is 3. The number of para-hydroxylation sites is 1. The van der Waals surface area contributed by atoms with Crippen molar-refractivity contribution in [3.63, 3.8) is 0 Å². The lowest BCUT2D eigenvalue weighted by Gasteiger charge is -2.54. The summed E-state index contributed by atoms with van der Waals surface area (Å²) in [6.45, 7) is 30.8. The summed E-state index contributed by atoms with van der Waals surface area (Å²) in [4.78, 5) is 7.93. The minimum atomic E-state index is -0.538. The summed E-state index contributed by atoms with van der Waals surface area (Å²) < 4.78 is 40.7. The average molecular weight is 1010 g/mol. The molecule has 4 atom stereocenters. The molecule has 3 nitrogen and oxygen atoms in total. The number of anilines is 7. The highest BCUT2D eigenvalue weighted by molar-refractivity contribution is 7.26. The second-order valence-corrected chi connectivity index (χ2v) is 28.8. The molecule has 0 spiro atoms. The van der Waals surface area contributed by atoms with E-state index in [1.807, 2.05) is 11.3 Å². The van der Waals surface area contributed by atoms with Gasteiger partial charge in [0.05, 0.1) is 22.2 Å². The van der Waals surface area contributed by atoms with E-state index in [1.165, 1.54) is 93.4 Å². The third-order valence-electron chi connectivity index (χ3n) is 20.5. The van der Waals surface area contributed by atoms with Crippen molar-refractivity contribution in [2.24, 2.45) is 0 Å². The van der Waals surface area contributed by atoms with Gasteiger partial charge in [0.2, 0.25) is 0 Å². The number of thiophene rings is 1. The van der Waals surface area contributed by atoms with Gasteiger partial charge in [0.1, 0.15) is 0 Å². The number of benzene rings is 7. The number of hydrogen-bond donors (Lipinski definition) is 0. The average Bonchev–Trinajstić information content (AvgIpc) is 1.97. The summed E-state index contributed by atoms with van der Waals surface area (Å²) in [5, 5.41) is 2.63. The first kappa shape index (κ1) is 43.3. The minimum Gasteiger partial charge on any atom is -0.335 e. The fraction of sp³-hybridized carbons (Fsp3) is 0.400. The molecule has 8 aromatic rings. The van der Waals surface area contributed by atoms with Crippen LogP contribution in [-0.4, -0.2) is 17.8 Å². The van der Waals surface area contributed by atoms with Crippen molar-refractivity contribution >= 4 is 94.4 Å². The third-order valence-corrected chi connectivity index (χ3v) is 21.6. The molecule has 14 rings (SSSR count). The van der Waals surface area contributed by atoms with Gasteiger partial charge in [-0.05, 0) is 159 Å². The fourth-order valence-corrected chi connectivity index (χ4v) is 16.8. The van der Waals surface area contributed by atoms with Crippen LogP contribution >= 0.6 is 11.3 Å². The van der Waals surface area contributed by atoms with Crippen molar-refractivity contribution in [2.45, 2.75) is 180 Å². The van der Waals surface area contributed by atoms with Crippen molar-refractivity contribution in [1.29, 1.82) is 0 Å². The van der Waals surface area contributed by atoms with Crippen molar-refractivity contribution in [3.8, 4) is 11.1 Å². The summed E-state index contributed by atoms with van der Waals surface area (Å²) >= 11 is 1.90. The van der Waals surface area contributed by atoms with Crippen LogP contribution in [0.4, 0.5) is 39.8 Å². The van der Waals surface area contributed by atoms with Gasteiger partial charge >= 0.3 is 0 Å². The number of fused-ring (bicyclic) bond motifs is 13. The molecule has 7 aromatic carbocycles. The molecular weight excluding hydrogens is 926 g/mol. The molecule has 5 heterocycles. The second kappa shape index (κ2) is 15.5. The van der Waals surface area contributed by atoms with E-state index in [0.29, 0.717) is 5.69 Å². The molecule has 0 radical (unpaired) electrons. The molecule has 0 N–H and O–H groups in total. The van der Waals surface area contributed by atoms with Crippen LogP contribution in [0.5, 0.6) is 0 Å². The van der Waals surface area contributed by atoms with Crippen LogP contribution < -0.4 is 31.1 Å². The summed E-state index contributed by atoms with van der Waals surface area (Å²) in [6.07, 6.45) is 8.28. The Labute approximate surface area is 458 Å². The molecule has 0 amide bonds. The van der Waals surface area contributed by atoms with Crippen LogP contribution in [0.25, 0.3) is 31.3 Å². The Bertz CT molecular complexity index is 3970. The van der Waals surface area contributed by atoms with Gasteiger partial charge in [-0.25, -0.2) is 0 Å². The number of hydrogen-bond acceptors (Lipinski definition) is 4. The second-order valence-electron chi connectivity index (χ2n) is 27.7. The van der Waals surface area contributed by atoms with E-state index in [0.717, 1.165) is 67.6 Å². The largest absolute Gasteiger partial charge is 0.335 e. The van der Waals surface area contributed by atoms with Gasteiger partial charge in [-0.1, -0.05) is 181 Å². The highest BCUT2D eigenvalue weighted by Crippen LogP contribution is 2.65. The maximum atomic E-state index is 9.96. The molecule has 380 valence electrons. The van der Waals surface area contributed by atoms with Gasteiger partial charge in [-0.3, -0.25) is 0 Å². The maximum Gasteiger partial charge on any atom is 0.252 e. The Morgan fingerprint density at radius 1 is 0.507 bits per heavy atom. The Balaban J connectivity index is 1.18. The predicted octanol–water partition coefficient (Wildman–Crippen LogP) is 17.7. The number of nitrogens with zero attached hydrogens (tertiary/aromatic N) is 3. The predicted molar refractivity (Wildman–Crippen MR) is 326 cm³/mol. The fourth-order valence-electron chi connectivity index (χ4n) is 15.7. The van der Waals surface area contributed by atoms with Gasteiger partial charge in [0, 0.05) is 65.3 Å². The third kappa shape index (κ3) is 6.34. The molecule has 5 heteroatoms. The molecule has 4 aliphatic heterocycles. The Morgan fingerprint density at radius 3 is 1.83 bits per heavy atom. The van der Waals surface area contributed by atoms with E-state index >= 15 is 0 Å². The first-order chi connectivity index (χ1) is 37.2. The van der Waals surface area contributed by atoms with Crippen molar-refractivity contribution in [2.75, 3.05) is 14.7 Å². The van der Waals surface area contributed by atoms with Crippen LogP contribution in [0.3, 0.4) is 0 Å². The summed E-state index contributed by atoms with van der Waals surface area (Å²) in [5.74, 6) is 0. The molecular formula is C70H76BN3S. The monoisotopic (exact) mass is 1010 g/mol. The molecule has 2 saturated carbocycles. The topological polar surface area (TPSA) is 9.72 Å². The van der Waals surface area contributed by atoms with Gasteiger partial charge in [0.15, 0.2) is 0 Å². The van der Waals surface area contributed by atoms with Gasteiger partial charge < -0.3 is 14.7 Å². The Morgan fingerprint density at radius 2 is 1.12 bits per heavy atom. The SMILES string of the molecule is [2H]c1c([2H])c([2H])c2c(c1[2H])N(c1cc3c4c(c1)N1c5c(cc(C(C)(C)C)cc5C5(C)CCCCC15C)B4c1cc4c(cc1N3c1ccc(C(C)(C)C)cc1-c1ccccc1)sc1ccc(C(C)(C)C)cc14)C1(C)CCCCC21C. The van der Waals surface area contributed by atoms with Crippen molar-refractivity contribution in [3.05, 3.63) is 155 Å². The van der Waals surface area contributed by atoms with E-state index in [4.69, 9.17) is 1.37 Å². The van der Waals surface area contributed by atoms with Crippen LogP contribution in [0.1, 0.15) is 175 Å². The maximum absolute atomic E-state index is 9.96. The van der Waals surface area contributed by atoms with E-state index in [2.05, 4.69) is 208 Å². The van der Waals surface area contributed by atoms with Crippen molar-refractivity contribution in [1.82, 2.24) is 0 Å². The standard InChI is InChI=1S/C70H76BN3S/c1-64(2,3)44-27-29-55(48(35-44)43-23-15-14-16-24-43)72-57-42-61-50(49-36-45(65(4,5)6)28-30-60(49)75-61)41-53(57)71-54-38-46(66(7,8)9)37-52-63(54)74(70(13)34-22-20-32-68(52,70)11)59-40-47(39-58(72)62(59)71)73-56-26-18-17-25-51(56)67(10)31-19-21-33-69(67,73)12/h14-18,23-30,35-42H,19-22,31-34H2,1-13H3/i17D,18D,25D,26D. The van der Waals surface area contributed by atoms with Crippen LogP contribution in [0, 0.1) is 0 Å². The zero-order chi connectivity index (χ0) is 55.6. The van der Waals surface area contributed by atoms with Crippen LogP contribution in [0.2, 0.25) is 0 Å². The molecule has 1 aromatic heterocycles. The quantitative estimate of drug-likeness (QED) is 0.163. The molecule has 6 aliphatic rings. The van der Waals surface area contributed by atoms with Crippen LogP contribution in [-0.2, 0) is 27.1 Å². The van der Waals surface area contributed by atoms with Gasteiger partial charge in [-0.15, -0.1) is 11.3 Å². The molecule has 75 heavy (non-hydrogen) atoms. The van der Waals surface area contributed by atoms with Gasteiger partial charge in [-0.2, -0.15) is 0 Å². The Kier molecular flexibility index (Phi) is 8.93. The molecule has 0 saturated heterocycles. The zero-order valence-corrected chi connectivity index (χ0v) is 47.6. The molecule has 2 fully saturated rings. The van der Waals surface area contributed by atoms with Crippen LogP contribution in [0.15, 0.2) is 127 Å². The summed E-state index contributed by atoms with van der Waals surface area (Å²) in [7, 11) is 0. The van der Waals surface area contributed by atoms with E-state index < -0.39 is 11.0 Å². The van der Waals surface area contributed by atoms with E-state index in [1.54, 1.807) is 0 Å². The summed E-state index contributed by atoms with van der Waals surface area (Å²) in [6, 6.07) is 40.6. The van der Waals surface area contributed by atoms with Crippen molar-refractivity contribution < 1.29 is 5.48 Å². The molecule has 2 aliphatic carbocycles. The molecule has 0 bridgehead atoms. The normalized spacial score (nSPS) is 25.3. The Hall–Kier alpha value is -5.78. The lowest BCUT2D eigenvalue weighted by atomic mass is 9.33. The first-order valence-electron chi connectivity index (χ1n) is 30.3. The summed E-state index contributed by atoms with van der Waals surface area (Å²) in [5.41, 5.74) is 18.7. The van der Waals surface area contributed by atoms with E-state index in [9.17, 15) is 4.11 Å². The first-order valence-corrected chi connectivity index (χ1v) is 29.1. The highest BCUT2D eigenvalue weighted by atomic mass is 32.1. The highest BCUT2D eigenvalue weighted by Gasteiger charge is 2.63. The molecule has 4 unspecified atom stereocenters. The minimum absolute atomic E-state index is 0.00742. The lowest BCUT2D eigenvalue weighted by molar-refractivity contribution is 0.194. The van der Waals surface area contributed by atoms with E-state index in [-0.39, 0.29) is 58.1 Å².